The van der Waals surface area contributed by atoms with E-state index in [4.69, 9.17) is 10.5 Å². The molecule has 1 unspecified atom stereocenters. The second kappa shape index (κ2) is 5.52. The Morgan fingerprint density at radius 2 is 2.12 bits per heavy atom. The number of methoxy groups -OCH3 is 1. The lowest BCUT2D eigenvalue weighted by Gasteiger charge is -2.24. The molecule has 17 heavy (non-hydrogen) atoms. The van der Waals surface area contributed by atoms with E-state index in [9.17, 15) is 5.11 Å². The average Bonchev–Trinajstić information content (AvgIpc) is 2.37. The summed E-state index contributed by atoms with van der Waals surface area (Å²) in [6.07, 6.45) is 4.69. The van der Waals surface area contributed by atoms with Crippen molar-refractivity contribution in [2.45, 2.75) is 38.2 Å². The highest BCUT2D eigenvalue weighted by Gasteiger charge is 2.21. The molecule has 0 fully saturated rings. The molecular formula is C14H21NO2. The summed E-state index contributed by atoms with van der Waals surface area (Å²) in [4.78, 5) is 0. The van der Waals surface area contributed by atoms with Gasteiger partial charge in [0.1, 0.15) is 5.75 Å². The topological polar surface area (TPSA) is 55.5 Å². The van der Waals surface area contributed by atoms with Crippen molar-refractivity contribution < 1.29 is 9.84 Å². The molecule has 0 spiro atoms. The van der Waals surface area contributed by atoms with E-state index in [2.05, 4.69) is 6.07 Å². The summed E-state index contributed by atoms with van der Waals surface area (Å²) >= 11 is 0. The van der Waals surface area contributed by atoms with Gasteiger partial charge in [0.25, 0.3) is 0 Å². The van der Waals surface area contributed by atoms with Crippen molar-refractivity contribution >= 4 is 0 Å². The largest absolute Gasteiger partial charge is 0.496 e. The lowest BCUT2D eigenvalue weighted by atomic mass is 9.85. The number of benzene rings is 1. The molecule has 0 bridgehead atoms. The van der Waals surface area contributed by atoms with Gasteiger partial charge in [0.15, 0.2) is 0 Å². The number of hydrogen-bond acceptors (Lipinski definition) is 3. The summed E-state index contributed by atoms with van der Waals surface area (Å²) < 4.78 is 5.38. The van der Waals surface area contributed by atoms with Crippen LogP contribution in [0.5, 0.6) is 5.75 Å². The first-order chi connectivity index (χ1) is 8.27. The Bertz CT molecular complexity index is 390. The summed E-state index contributed by atoms with van der Waals surface area (Å²) in [7, 11) is 1.66. The van der Waals surface area contributed by atoms with E-state index >= 15 is 0 Å². The predicted molar refractivity (Wildman–Crippen MR) is 68.3 cm³/mol. The molecule has 0 aromatic heterocycles. The van der Waals surface area contributed by atoms with E-state index in [1.165, 1.54) is 24.0 Å². The zero-order valence-corrected chi connectivity index (χ0v) is 10.4. The number of aliphatic hydroxyl groups is 1. The molecule has 2 rings (SSSR count). The fourth-order valence-corrected chi connectivity index (χ4v) is 2.68. The highest BCUT2D eigenvalue weighted by atomic mass is 16.5. The molecule has 0 saturated heterocycles. The van der Waals surface area contributed by atoms with Crippen molar-refractivity contribution in [1.29, 1.82) is 0 Å². The van der Waals surface area contributed by atoms with Gasteiger partial charge < -0.3 is 15.6 Å². The molecule has 94 valence electrons. The number of rotatable bonds is 4. The molecule has 1 atom stereocenters. The molecule has 0 amide bonds. The summed E-state index contributed by atoms with van der Waals surface area (Å²) in [5.74, 6) is 0.798. The molecule has 1 aliphatic carbocycles. The molecule has 0 aliphatic heterocycles. The zero-order chi connectivity index (χ0) is 12.3. The Labute approximate surface area is 103 Å². The second-order valence-electron chi connectivity index (χ2n) is 4.62. The molecule has 1 aromatic rings. The van der Waals surface area contributed by atoms with Crippen LogP contribution >= 0.6 is 0 Å². The van der Waals surface area contributed by atoms with E-state index in [0.29, 0.717) is 13.0 Å². The lowest BCUT2D eigenvalue weighted by Crippen LogP contribution is -2.14. The first-order valence-electron chi connectivity index (χ1n) is 6.34. The van der Waals surface area contributed by atoms with E-state index in [1.807, 2.05) is 6.07 Å². The van der Waals surface area contributed by atoms with Crippen LogP contribution in [0.25, 0.3) is 0 Å². The summed E-state index contributed by atoms with van der Waals surface area (Å²) in [5, 5.41) is 10.2. The minimum atomic E-state index is -0.497. The van der Waals surface area contributed by atoms with Gasteiger partial charge in [0.05, 0.1) is 13.2 Å². The third-order valence-corrected chi connectivity index (χ3v) is 3.53. The predicted octanol–water partition coefficient (Wildman–Crippen LogP) is 1.96. The van der Waals surface area contributed by atoms with Gasteiger partial charge in [-0.15, -0.1) is 0 Å². The van der Waals surface area contributed by atoms with Crippen molar-refractivity contribution in [2.75, 3.05) is 13.7 Å². The van der Waals surface area contributed by atoms with E-state index < -0.39 is 6.10 Å². The molecule has 3 nitrogen and oxygen atoms in total. The van der Waals surface area contributed by atoms with Crippen LogP contribution in [0.1, 0.15) is 42.1 Å². The van der Waals surface area contributed by atoms with Crippen molar-refractivity contribution in [3.63, 3.8) is 0 Å². The summed E-state index contributed by atoms with van der Waals surface area (Å²) in [6, 6.07) is 4.10. The Balaban J connectivity index is 2.44. The van der Waals surface area contributed by atoms with Crippen LogP contribution in [-0.2, 0) is 12.8 Å². The number of aryl methyl sites for hydroxylation is 1. The molecular weight excluding hydrogens is 214 g/mol. The number of aliphatic hydroxyl groups excluding tert-OH is 1. The van der Waals surface area contributed by atoms with Crippen LogP contribution in [0.4, 0.5) is 0 Å². The summed E-state index contributed by atoms with van der Waals surface area (Å²) in [5.41, 5.74) is 9.15. The maximum atomic E-state index is 10.2. The fraction of sp³-hybridized carbons (Fsp3) is 0.571. The van der Waals surface area contributed by atoms with Gasteiger partial charge in [0.2, 0.25) is 0 Å². The SMILES string of the molecule is COc1ccc2c(c1C(O)CCN)CCCC2. The van der Waals surface area contributed by atoms with E-state index in [0.717, 1.165) is 24.2 Å². The second-order valence-corrected chi connectivity index (χ2v) is 4.62. The molecule has 3 heteroatoms. The van der Waals surface area contributed by atoms with Gasteiger partial charge >= 0.3 is 0 Å². The third-order valence-electron chi connectivity index (χ3n) is 3.53. The zero-order valence-electron chi connectivity index (χ0n) is 10.4. The van der Waals surface area contributed by atoms with Gasteiger partial charge in [-0.25, -0.2) is 0 Å². The maximum absolute atomic E-state index is 10.2. The smallest absolute Gasteiger partial charge is 0.124 e. The van der Waals surface area contributed by atoms with Crippen molar-refractivity contribution in [1.82, 2.24) is 0 Å². The quantitative estimate of drug-likeness (QED) is 0.838. The van der Waals surface area contributed by atoms with Gasteiger partial charge in [-0.3, -0.25) is 0 Å². The molecule has 0 radical (unpaired) electrons. The number of nitrogens with two attached hydrogens (primary N) is 1. The number of hydrogen-bond donors (Lipinski definition) is 2. The first kappa shape index (κ1) is 12.4. The minimum Gasteiger partial charge on any atom is -0.496 e. The molecule has 1 aromatic carbocycles. The van der Waals surface area contributed by atoms with Gasteiger partial charge in [0, 0.05) is 5.56 Å². The van der Waals surface area contributed by atoms with E-state index in [-0.39, 0.29) is 0 Å². The van der Waals surface area contributed by atoms with Crippen LogP contribution in [0, 0.1) is 0 Å². The van der Waals surface area contributed by atoms with Crippen LogP contribution < -0.4 is 10.5 Å². The molecule has 0 heterocycles. The Morgan fingerprint density at radius 3 is 2.82 bits per heavy atom. The van der Waals surface area contributed by atoms with Crippen molar-refractivity contribution in [3.05, 3.63) is 28.8 Å². The highest BCUT2D eigenvalue weighted by molar-refractivity contribution is 5.47. The van der Waals surface area contributed by atoms with Gasteiger partial charge in [-0.05, 0) is 55.8 Å². The highest BCUT2D eigenvalue weighted by Crippen LogP contribution is 2.36. The van der Waals surface area contributed by atoms with E-state index in [1.54, 1.807) is 7.11 Å². The average molecular weight is 235 g/mol. The number of ether oxygens (including phenoxy) is 1. The Morgan fingerprint density at radius 1 is 1.35 bits per heavy atom. The van der Waals surface area contributed by atoms with Crippen molar-refractivity contribution in [2.24, 2.45) is 5.73 Å². The molecule has 0 saturated carbocycles. The van der Waals surface area contributed by atoms with Gasteiger partial charge in [-0.1, -0.05) is 6.07 Å². The minimum absolute atomic E-state index is 0.494. The van der Waals surface area contributed by atoms with Crippen LogP contribution in [-0.4, -0.2) is 18.8 Å². The van der Waals surface area contributed by atoms with Crippen LogP contribution in [0.3, 0.4) is 0 Å². The molecule has 1 aliphatic rings. The fourth-order valence-electron chi connectivity index (χ4n) is 2.68. The van der Waals surface area contributed by atoms with Crippen molar-refractivity contribution in [3.8, 4) is 5.75 Å². The molecule has 3 N–H and O–H groups in total. The summed E-state index contributed by atoms with van der Waals surface area (Å²) in [6.45, 7) is 0.494. The van der Waals surface area contributed by atoms with Gasteiger partial charge in [-0.2, -0.15) is 0 Å². The normalized spacial score (nSPS) is 16.4. The Kier molecular flexibility index (Phi) is 4.02. The lowest BCUT2D eigenvalue weighted by molar-refractivity contribution is 0.164. The Hall–Kier alpha value is -1.06. The monoisotopic (exact) mass is 235 g/mol. The standard InChI is InChI=1S/C14H21NO2/c1-17-13-7-6-10-4-2-3-5-11(10)14(13)12(16)8-9-15/h6-7,12,16H,2-5,8-9,15H2,1H3. The third kappa shape index (κ3) is 2.45. The maximum Gasteiger partial charge on any atom is 0.124 e. The first-order valence-corrected chi connectivity index (χ1v) is 6.34. The van der Waals surface area contributed by atoms with Crippen LogP contribution in [0.2, 0.25) is 0 Å². The number of fused-ring (bicyclic) bond motifs is 1. The van der Waals surface area contributed by atoms with Crippen LogP contribution in [0.15, 0.2) is 12.1 Å².